The quantitative estimate of drug-likeness (QED) is 0.585. The molecule has 0 amide bonds. The molecular formula is C20H21N7. The van der Waals surface area contributed by atoms with E-state index in [0.717, 1.165) is 34.5 Å². The number of nitrogens with zero attached hydrogens (tertiary/aromatic N) is 6. The molecule has 7 nitrogen and oxygen atoms in total. The van der Waals surface area contributed by atoms with Crippen LogP contribution >= 0.6 is 0 Å². The second-order valence-electron chi connectivity index (χ2n) is 6.50. The number of aromatic nitrogens is 6. The third-order valence-corrected chi connectivity index (χ3v) is 4.54. The van der Waals surface area contributed by atoms with E-state index < -0.39 is 0 Å². The van der Waals surface area contributed by atoms with E-state index in [-0.39, 0.29) is 6.04 Å². The lowest BCUT2D eigenvalue weighted by molar-refractivity contribution is 0.719. The summed E-state index contributed by atoms with van der Waals surface area (Å²) < 4.78 is 1.76. The number of hydrogen-bond acceptors (Lipinski definition) is 6. The third kappa shape index (κ3) is 3.36. The molecule has 0 unspecified atom stereocenters. The van der Waals surface area contributed by atoms with Crippen LogP contribution in [0.1, 0.15) is 30.6 Å². The van der Waals surface area contributed by atoms with Crippen molar-refractivity contribution < 1.29 is 0 Å². The van der Waals surface area contributed by atoms with Gasteiger partial charge in [-0.1, -0.05) is 6.92 Å². The lowest BCUT2D eigenvalue weighted by Crippen LogP contribution is -2.13. The van der Waals surface area contributed by atoms with Crippen LogP contribution in [0.3, 0.4) is 0 Å². The first-order chi connectivity index (χ1) is 13.2. The molecule has 0 aliphatic heterocycles. The van der Waals surface area contributed by atoms with Gasteiger partial charge in [-0.2, -0.15) is 5.10 Å². The molecule has 4 rings (SSSR count). The second kappa shape index (κ2) is 7.11. The summed E-state index contributed by atoms with van der Waals surface area (Å²) in [5.74, 6) is 1.40. The number of rotatable bonds is 5. The summed E-state index contributed by atoms with van der Waals surface area (Å²) in [6, 6.07) is 7.96. The minimum absolute atomic E-state index is 0.0495. The monoisotopic (exact) mass is 359 g/mol. The normalized spacial score (nSPS) is 12.3. The molecule has 27 heavy (non-hydrogen) atoms. The number of fused-ring (bicyclic) bond motifs is 1. The number of hydrogen-bond donors (Lipinski definition) is 1. The number of pyridine rings is 2. The largest absolute Gasteiger partial charge is 0.361 e. The van der Waals surface area contributed by atoms with Crippen molar-refractivity contribution in [1.29, 1.82) is 0 Å². The molecule has 0 aliphatic carbocycles. The van der Waals surface area contributed by atoms with Crippen molar-refractivity contribution in [3.8, 4) is 11.4 Å². The molecule has 0 spiro atoms. The Hall–Kier alpha value is -3.35. The molecule has 0 radical (unpaired) electrons. The highest BCUT2D eigenvalue weighted by molar-refractivity contribution is 5.88. The van der Waals surface area contributed by atoms with Gasteiger partial charge in [0.25, 0.3) is 0 Å². The van der Waals surface area contributed by atoms with Gasteiger partial charge in [0, 0.05) is 31.2 Å². The van der Waals surface area contributed by atoms with E-state index in [2.05, 4.69) is 40.3 Å². The highest BCUT2D eigenvalue weighted by Gasteiger charge is 2.17. The van der Waals surface area contributed by atoms with Gasteiger partial charge in [0.05, 0.1) is 23.3 Å². The van der Waals surface area contributed by atoms with Gasteiger partial charge in [-0.05, 0) is 43.2 Å². The van der Waals surface area contributed by atoms with Crippen LogP contribution < -0.4 is 5.32 Å². The molecule has 136 valence electrons. The Balaban J connectivity index is 1.80. The van der Waals surface area contributed by atoms with E-state index in [0.29, 0.717) is 5.82 Å². The van der Waals surface area contributed by atoms with Gasteiger partial charge in [0.2, 0.25) is 0 Å². The van der Waals surface area contributed by atoms with Gasteiger partial charge in [0.15, 0.2) is 11.5 Å². The fraction of sp³-hybridized carbons (Fsp3) is 0.250. The van der Waals surface area contributed by atoms with E-state index in [9.17, 15) is 0 Å². The van der Waals surface area contributed by atoms with Gasteiger partial charge < -0.3 is 5.32 Å². The van der Waals surface area contributed by atoms with Crippen molar-refractivity contribution in [3.63, 3.8) is 0 Å². The highest BCUT2D eigenvalue weighted by atomic mass is 15.3. The first kappa shape index (κ1) is 17.1. The average Bonchev–Trinajstić information content (AvgIpc) is 3.08. The summed E-state index contributed by atoms with van der Waals surface area (Å²) in [7, 11) is 1.88. The van der Waals surface area contributed by atoms with E-state index >= 15 is 0 Å². The van der Waals surface area contributed by atoms with E-state index in [4.69, 9.17) is 9.97 Å². The number of anilines is 1. The van der Waals surface area contributed by atoms with Crippen LogP contribution in [0.25, 0.3) is 22.4 Å². The van der Waals surface area contributed by atoms with Gasteiger partial charge in [-0.3, -0.25) is 14.6 Å². The SMILES string of the molecule is CC[C@@H](Nc1nc(-c2ccncc2)nc2c1cnn2C)c1cc(C)ccn1. The highest BCUT2D eigenvalue weighted by Crippen LogP contribution is 2.28. The lowest BCUT2D eigenvalue weighted by atomic mass is 10.1. The van der Waals surface area contributed by atoms with E-state index in [1.807, 2.05) is 31.4 Å². The van der Waals surface area contributed by atoms with Crippen LogP contribution in [-0.2, 0) is 7.05 Å². The minimum atomic E-state index is 0.0495. The van der Waals surface area contributed by atoms with Crippen LogP contribution in [0.2, 0.25) is 0 Å². The standard InChI is InChI=1S/C20H21N7/c1-4-16(17-11-13(2)5-10-22-17)24-19-15-12-23-27(3)20(15)26-18(25-19)14-6-8-21-9-7-14/h5-12,16H,4H2,1-3H3,(H,24,25,26)/t16-/m1/s1. The molecule has 0 bridgehead atoms. The Kier molecular flexibility index (Phi) is 4.50. The predicted molar refractivity (Wildman–Crippen MR) is 105 cm³/mol. The average molecular weight is 359 g/mol. The smallest absolute Gasteiger partial charge is 0.164 e. The Morgan fingerprint density at radius 3 is 2.67 bits per heavy atom. The van der Waals surface area contributed by atoms with Crippen molar-refractivity contribution in [2.24, 2.45) is 7.05 Å². The third-order valence-electron chi connectivity index (χ3n) is 4.54. The zero-order chi connectivity index (χ0) is 18.8. The number of nitrogens with one attached hydrogen (secondary N) is 1. The van der Waals surface area contributed by atoms with Gasteiger partial charge in [0.1, 0.15) is 5.82 Å². The molecule has 4 heterocycles. The van der Waals surface area contributed by atoms with Crippen molar-refractivity contribution in [1.82, 2.24) is 29.7 Å². The first-order valence-corrected chi connectivity index (χ1v) is 8.95. The Morgan fingerprint density at radius 1 is 1.11 bits per heavy atom. The van der Waals surface area contributed by atoms with Gasteiger partial charge in [-0.15, -0.1) is 0 Å². The lowest BCUT2D eigenvalue weighted by Gasteiger charge is -2.18. The molecule has 0 saturated carbocycles. The summed E-state index contributed by atoms with van der Waals surface area (Å²) in [5.41, 5.74) is 3.88. The number of aryl methyl sites for hydroxylation is 2. The maximum atomic E-state index is 4.79. The fourth-order valence-corrected chi connectivity index (χ4v) is 3.06. The molecule has 1 N–H and O–H groups in total. The molecule has 0 aromatic carbocycles. The van der Waals surface area contributed by atoms with Crippen LogP contribution in [-0.4, -0.2) is 29.7 Å². The molecule has 7 heteroatoms. The van der Waals surface area contributed by atoms with Gasteiger partial charge >= 0.3 is 0 Å². The molecular weight excluding hydrogens is 338 g/mol. The van der Waals surface area contributed by atoms with E-state index in [1.165, 1.54) is 5.56 Å². The zero-order valence-electron chi connectivity index (χ0n) is 15.6. The summed E-state index contributed by atoms with van der Waals surface area (Å²) in [4.78, 5) is 18.1. The zero-order valence-corrected chi connectivity index (χ0v) is 15.6. The summed E-state index contributed by atoms with van der Waals surface area (Å²) >= 11 is 0. The fourth-order valence-electron chi connectivity index (χ4n) is 3.06. The van der Waals surface area contributed by atoms with Crippen LogP contribution in [0.15, 0.2) is 49.1 Å². The topological polar surface area (TPSA) is 81.4 Å². The van der Waals surface area contributed by atoms with Crippen LogP contribution in [0.5, 0.6) is 0 Å². The van der Waals surface area contributed by atoms with E-state index in [1.54, 1.807) is 23.3 Å². The van der Waals surface area contributed by atoms with Gasteiger partial charge in [-0.25, -0.2) is 9.97 Å². The minimum Gasteiger partial charge on any atom is -0.361 e. The molecule has 0 fully saturated rings. The van der Waals surface area contributed by atoms with Crippen molar-refractivity contribution >= 4 is 16.9 Å². The molecule has 0 aliphatic rings. The summed E-state index contributed by atoms with van der Waals surface area (Å²) in [5, 5.41) is 8.80. The van der Waals surface area contributed by atoms with Crippen LogP contribution in [0.4, 0.5) is 5.82 Å². The van der Waals surface area contributed by atoms with Crippen molar-refractivity contribution in [2.45, 2.75) is 26.3 Å². The molecule has 1 atom stereocenters. The van der Waals surface area contributed by atoms with Crippen LogP contribution in [0, 0.1) is 6.92 Å². The molecule has 4 aromatic heterocycles. The Bertz CT molecular complexity index is 1070. The van der Waals surface area contributed by atoms with Crippen molar-refractivity contribution in [3.05, 3.63) is 60.3 Å². The maximum Gasteiger partial charge on any atom is 0.164 e. The Morgan fingerprint density at radius 2 is 1.93 bits per heavy atom. The second-order valence-corrected chi connectivity index (χ2v) is 6.50. The Labute approximate surface area is 157 Å². The molecule has 4 aromatic rings. The summed E-state index contributed by atoms with van der Waals surface area (Å²) in [6.07, 6.45) is 8.00. The maximum absolute atomic E-state index is 4.79. The predicted octanol–water partition coefficient (Wildman–Crippen LogP) is 3.69. The van der Waals surface area contributed by atoms with Crippen molar-refractivity contribution in [2.75, 3.05) is 5.32 Å². The summed E-state index contributed by atoms with van der Waals surface area (Å²) in [6.45, 7) is 4.20. The molecule has 0 saturated heterocycles. The first-order valence-electron chi connectivity index (χ1n) is 8.95.